The minimum Gasteiger partial charge on any atom is -0.262 e. The van der Waals surface area contributed by atoms with E-state index in [1.165, 1.54) is 0 Å². The molecule has 0 unspecified atom stereocenters. The zero-order chi connectivity index (χ0) is 13.4. The Hall–Kier alpha value is -1.76. The largest absolute Gasteiger partial charge is 0.262 e. The maximum Gasteiger partial charge on any atom is 0.103 e. The van der Waals surface area contributed by atoms with Crippen LogP contribution >= 0.6 is 22.9 Å². The van der Waals surface area contributed by atoms with Gasteiger partial charge in [0.15, 0.2) is 0 Å². The molecular weight excluding hydrogens is 351 g/mol. The molecule has 3 rings (SSSR count). The second kappa shape index (κ2) is 4.73. The van der Waals surface area contributed by atoms with Crippen molar-refractivity contribution in [2.45, 2.75) is 6.92 Å². The molecule has 3 aromatic heterocycles. The number of fused-ring (bicyclic) bond motifs is 1. The van der Waals surface area contributed by atoms with Crippen molar-refractivity contribution in [3.63, 3.8) is 0 Å². The van der Waals surface area contributed by atoms with Crippen LogP contribution in [-0.2, 0) is 0 Å². The molecule has 0 aliphatic carbocycles. The lowest BCUT2D eigenvalue weighted by Crippen LogP contribution is -1.85. The van der Waals surface area contributed by atoms with Crippen LogP contribution < -0.4 is 0 Å². The maximum absolute atomic E-state index is 4.58. The molecule has 0 spiro atoms. The molecule has 3 aromatic rings. The second-order valence-electron chi connectivity index (χ2n) is 4.23. The van der Waals surface area contributed by atoms with Crippen molar-refractivity contribution in [2.75, 3.05) is 0 Å². The van der Waals surface area contributed by atoms with Crippen LogP contribution in [0.15, 0.2) is 37.2 Å². The van der Waals surface area contributed by atoms with Crippen LogP contribution in [0.5, 0.6) is 0 Å². The Bertz CT molecular complexity index is 776. The quantitative estimate of drug-likeness (QED) is 0.654. The molecule has 0 saturated heterocycles. The Labute approximate surface area is 124 Å². The molecule has 0 amide bonds. The molecule has 0 aliphatic rings. The fraction of sp³-hybridized carbons (Fsp3) is 0.0714. The molecule has 0 aliphatic heterocycles. The first-order valence-electron chi connectivity index (χ1n) is 5.79. The number of rotatable bonds is 2. The average molecular weight is 362 g/mol. The highest BCUT2D eigenvalue weighted by Crippen LogP contribution is 2.29. The van der Waals surface area contributed by atoms with Gasteiger partial charge in [0.05, 0.1) is 34.1 Å². The third-order valence-corrected chi connectivity index (χ3v) is 3.66. The van der Waals surface area contributed by atoms with Gasteiger partial charge in [-0.05, 0) is 31.2 Å². The molecule has 19 heavy (non-hydrogen) atoms. The van der Waals surface area contributed by atoms with Gasteiger partial charge in [-0.2, -0.15) is 5.10 Å². The molecule has 0 aromatic carbocycles. The molecule has 0 radical (unpaired) electrons. The van der Waals surface area contributed by atoms with Crippen molar-refractivity contribution in [3.8, 4) is 11.3 Å². The molecule has 5 heteroatoms. The summed E-state index contributed by atoms with van der Waals surface area (Å²) in [5.74, 6) is 0. The topological polar surface area (TPSA) is 43.6 Å². The summed E-state index contributed by atoms with van der Waals surface area (Å²) in [5.41, 5.74) is 4.85. The molecule has 0 N–H and O–H groups in total. The molecule has 94 valence electrons. The van der Waals surface area contributed by atoms with Gasteiger partial charge in [-0.3, -0.25) is 9.97 Å². The molecule has 4 nitrogen and oxygen atoms in total. The minimum atomic E-state index is 0.850. The molecule has 0 fully saturated rings. The van der Waals surface area contributed by atoms with Crippen LogP contribution in [0.25, 0.3) is 28.2 Å². The third kappa shape index (κ3) is 2.14. The van der Waals surface area contributed by atoms with E-state index in [1.807, 2.05) is 34.2 Å². The summed E-state index contributed by atoms with van der Waals surface area (Å²) in [6, 6.07) is 5.98. The zero-order valence-electron chi connectivity index (χ0n) is 10.3. The fourth-order valence-corrected chi connectivity index (χ4v) is 2.62. The summed E-state index contributed by atoms with van der Waals surface area (Å²) in [6.45, 7) is 5.71. The average Bonchev–Trinajstić information content (AvgIpc) is 2.76. The lowest BCUT2D eigenvalue weighted by molar-refractivity contribution is 1.09. The van der Waals surface area contributed by atoms with Crippen LogP contribution in [0, 0.1) is 6.92 Å². The van der Waals surface area contributed by atoms with Gasteiger partial charge in [-0.15, -0.1) is 0 Å². The zero-order valence-corrected chi connectivity index (χ0v) is 12.5. The van der Waals surface area contributed by atoms with Gasteiger partial charge in [0.25, 0.3) is 0 Å². The second-order valence-corrected chi connectivity index (χ2v) is 5.14. The number of halogens is 1. The van der Waals surface area contributed by atoms with E-state index in [0.717, 1.165) is 33.5 Å². The van der Waals surface area contributed by atoms with Gasteiger partial charge in [0, 0.05) is 29.0 Å². The lowest BCUT2D eigenvalue weighted by Gasteiger charge is -1.99. The summed E-state index contributed by atoms with van der Waals surface area (Å²) in [6.07, 6.45) is 5.38. The van der Waals surface area contributed by atoms with E-state index in [1.54, 1.807) is 12.3 Å². The predicted octanol–water partition coefficient (Wildman–Crippen LogP) is 3.64. The van der Waals surface area contributed by atoms with Crippen LogP contribution in [0.1, 0.15) is 11.4 Å². The van der Waals surface area contributed by atoms with Crippen molar-refractivity contribution >= 4 is 39.8 Å². The number of aromatic nitrogens is 4. The summed E-state index contributed by atoms with van der Waals surface area (Å²) >= 11 is 2.18. The van der Waals surface area contributed by atoms with E-state index >= 15 is 0 Å². The highest BCUT2D eigenvalue weighted by atomic mass is 127. The van der Waals surface area contributed by atoms with Gasteiger partial charge in [0.2, 0.25) is 0 Å². The lowest BCUT2D eigenvalue weighted by atomic mass is 10.1. The van der Waals surface area contributed by atoms with E-state index in [-0.39, 0.29) is 0 Å². The summed E-state index contributed by atoms with van der Waals surface area (Å²) in [4.78, 5) is 8.57. The summed E-state index contributed by atoms with van der Waals surface area (Å²) in [5, 5.41) is 5.61. The Morgan fingerprint density at radius 3 is 2.89 bits per heavy atom. The fourth-order valence-electron chi connectivity index (χ4n) is 2.01. The minimum absolute atomic E-state index is 0.850. The van der Waals surface area contributed by atoms with Crippen molar-refractivity contribution in [1.82, 2.24) is 18.0 Å². The first-order valence-corrected chi connectivity index (χ1v) is 6.76. The van der Waals surface area contributed by atoms with Crippen molar-refractivity contribution in [1.29, 1.82) is 0 Å². The van der Waals surface area contributed by atoms with Crippen LogP contribution in [0.4, 0.5) is 0 Å². The van der Waals surface area contributed by atoms with Crippen molar-refractivity contribution < 1.29 is 0 Å². The van der Waals surface area contributed by atoms with Crippen molar-refractivity contribution in [3.05, 3.63) is 48.6 Å². The normalized spacial score (nSPS) is 10.8. The Morgan fingerprint density at radius 1 is 1.32 bits per heavy atom. The SMILES string of the molecule is C=Cc1cc2c(cn1)c(-c1ccnc(C)c1)nn2I. The summed E-state index contributed by atoms with van der Waals surface area (Å²) in [7, 11) is 0. The monoisotopic (exact) mass is 362 g/mol. The smallest absolute Gasteiger partial charge is 0.103 e. The van der Waals surface area contributed by atoms with Crippen LogP contribution in [-0.4, -0.2) is 18.0 Å². The van der Waals surface area contributed by atoms with Gasteiger partial charge in [-0.1, -0.05) is 6.58 Å². The Morgan fingerprint density at radius 2 is 2.16 bits per heavy atom. The van der Waals surface area contributed by atoms with Crippen LogP contribution in [0.2, 0.25) is 0 Å². The number of nitrogens with zero attached hydrogens (tertiary/aromatic N) is 4. The van der Waals surface area contributed by atoms with E-state index < -0.39 is 0 Å². The van der Waals surface area contributed by atoms with Gasteiger partial charge in [-0.25, -0.2) is 2.90 Å². The number of hydrogen-bond donors (Lipinski definition) is 0. The first-order chi connectivity index (χ1) is 9.19. The van der Waals surface area contributed by atoms with E-state index in [2.05, 4.69) is 44.5 Å². The molecule has 0 atom stereocenters. The van der Waals surface area contributed by atoms with Gasteiger partial charge >= 0.3 is 0 Å². The highest BCUT2D eigenvalue weighted by Gasteiger charge is 2.12. The first kappa shape index (κ1) is 12.3. The Kier molecular flexibility index (Phi) is 3.06. The molecule has 0 saturated carbocycles. The van der Waals surface area contributed by atoms with E-state index in [0.29, 0.717) is 0 Å². The number of pyridine rings is 2. The maximum atomic E-state index is 4.58. The molecular formula is C14H11IN4. The Balaban J connectivity index is 2.28. The van der Waals surface area contributed by atoms with Crippen LogP contribution in [0.3, 0.4) is 0 Å². The van der Waals surface area contributed by atoms with E-state index in [9.17, 15) is 0 Å². The standard InChI is InChI=1S/C14H11IN4/c1-3-11-7-13-12(8-17-11)14(18-19(13)15)10-4-5-16-9(2)6-10/h3-8H,1H2,2H3. The van der Waals surface area contributed by atoms with Crippen molar-refractivity contribution in [2.24, 2.45) is 0 Å². The molecule has 3 heterocycles. The highest BCUT2D eigenvalue weighted by molar-refractivity contribution is 14.1. The summed E-state index contributed by atoms with van der Waals surface area (Å²) < 4.78 is 1.84. The molecule has 0 bridgehead atoms. The van der Waals surface area contributed by atoms with E-state index in [4.69, 9.17) is 0 Å². The third-order valence-electron chi connectivity index (χ3n) is 2.92. The van der Waals surface area contributed by atoms with Gasteiger partial charge in [0.1, 0.15) is 5.69 Å². The predicted molar refractivity (Wildman–Crippen MR) is 85.0 cm³/mol. The van der Waals surface area contributed by atoms with Gasteiger partial charge < -0.3 is 0 Å². The number of hydrogen-bond acceptors (Lipinski definition) is 3. The number of aryl methyl sites for hydroxylation is 1.